The van der Waals surface area contributed by atoms with Gasteiger partial charge in [-0.1, -0.05) is 48.0 Å². The second-order valence-electron chi connectivity index (χ2n) is 6.86. The molecule has 2 aromatic rings. The highest BCUT2D eigenvalue weighted by molar-refractivity contribution is 5.95. The van der Waals surface area contributed by atoms with E-state index >= 15 is 0 Å². The van der Waals surface area contributed by atoms with Crippen LogP contribution in [0.25, 0.3) is 0 Å². The summed E-state index contributed by atoms with van der Waals surface area (Å²) in [6, 6.07) is 15.8. The van der Waals surface area contributed by atoms with E-state index in [2.05, 4.69) is 31.2 Å². The number of aryl methyl sites for hydroxylation is 1. The summed E-state index contributed by atoms with van der Waals surface area (Å²) in [6.45, 7) is 2.77. The lowest BCUT2D eigenvalue weighted by Crippen LogP contribution is -2.44. The van der Waals surface area contributed by atoms with E-state index in [9.17, 15) is 9.59 Å². The Kier molecular flexibility index (Phi) is 4.04. The standard InChI is InChI=1S/C21H21NO3/c1-14-8-10-15(11-9-14)18-7-4-12-22(18)20(23)19-13-16-5-2-3-6-17(16)21(24)25-19/h2-3,5-6,8-11,18-19H,4,7,12-13H2,1H3. The number of hydrogen-bond donors (Lipinski definition) is 0. The summed E-state index contributed by atoms with van der Waals surface area (Å²) in [4.78, 5) is 27.2. The van der Waals surface area contributed by atoms with Gasteiger partial charge < -0.3 is 9.64 Å². The van der Waals surface area contributed by atoms with Crippen LogP contribution in [0.4, 0.5) is 0 Å². The van der Waals surface area contributed by atoms with Crippen LogP contribution in [0.15, 0.2) is 48.5 Å². The molecule has 1 saturated heterocycles. The molecule has 4 heteroatoms. The molecule has 0 aromatic heterocycles. The first-order chi connectivity index (χ1) is 12.1. The number of carbonyl (C=O) groups is 2. The number of hydrogen-bond acceptors (Lipinski definition) is 3. The predicted molar refractivity (Wildman–Crippen MR) is 94.2 cm³/mol. The molecule has 128 valence electrons. The Morgan fingerprint density at radius 2 is 1.88 bits per heavy atom. The minimum atomic E-state index is -0.714. The van der Waals surface area contributed by atoms with Gasteiger partial charge in [0.05, 0.1) is 11.6 Å². The van der Waals surface area contributed by atoms with E-state index in [1.165, 1.54) is 5.56 Å². The van der Waals surface area contributed by atoms with Crippen molar-refractivity contribution in [2.24, 2.45) is 0 Å². The third-order valence-electron chi connectivity index (χ3n) is 5.17. The highest BCUT2D eigenvalue weighted by Gasteiger charge is 2.38. The summed E-state index contributed by atoms with van der Waals surface area (Å²) in [7, 11) is 0. The molecule has 0 bridgehead atoms. The highest BCUT2D eigenvalue weighted by atomic mass is 16.5. The van der Waals surface area contributed by atoms with Crippen LogP contribution in [-0.2, 0) is 16.0 Å². The average molecular weight is 335 g/mol. The summed E-state index contributed by atoms with van der Waals surface area (Å²) in [5.41, 5.74) is 3.82. The van der Waals surface area contributed by atoms with Crippen LogP contribution in [0, 0.1) is 6.92 Å². The Balaban J connectivity index is 1.56. The number of rotatable bonds is 2. The summed E-state index contributed by atoms with van der Waals surface area (Å²) in [6.07, 6.45) is 1.67. The second-order valence-corrected chi connectivity index (χ2v) is 6.86. The van der Waals surface area contributed by atoms with Gasteiger partial charge in [-0.2, -0.15) is 0 Å². The summed E-state index contributed by atoms with van der Waals surface area (Å²) >= 11 is 0. The number of benzene rings is 2. The van der Waals surface area contributed by atoms with Crippen molar-refractivity contribution < 1.29 is 14.3 Å². The molecule has 1 fully saturated rings. The molecule has 2 aliphatic rings. The molecule has 25 heavy (non-hydrogen) atoms. The Bertz CT molecular complexity index is 812. The number of esters is 1. The molecule has 4 nitrogen and oxygen atoms in total. The molecule has 2 atom stereocenters. The van der Waals surface area contributed by atoms with Gasteiger partial charge in [-0.05, 0) is 37.0 Å². The zero-order valence-electron chi connectivity index (χ0n) is 14.3. The summed E-state index contributed by atoms with van der Waals surface area (Å²) in [5, 5.41) is 0. The zero-order valence-corrected chi connectivity index (χ0v) is 14.3. The third kappa shape index (κ3) is 2.93. The lowest BCUT2D eigenvalue weighted by atomic mass is 9.97. The topological polar surface area (TPSA) is 46.6 Å². The lowest BCUT2D eigenvalue weighted by molar-refractivity contribution is -0.142. The maximum absolute atomic E-state index is 13.1. The fourth-order valence-electron chi connectivity index (χ4n) is 3.82. The zero-order chi connectivity index (χ0) is 17.4. The molecule has 4 rings (SSSR count). The fraction of sp³-hybridized carbons (Fsp3) is 0.333. The number of cyclic esters (lactones) is 1. The van der Waals surface area contributed by atoms with Crippen molar-refractivity contribution in [3.05, 3.63) is 70.8 Å². The van der Waals surface area contributed by atoms with Crippen LogP contribution in [0.3, 0.4) is 0 Å². The van der Waals surface area contributed by atoms with Crippen LogP contribution in [0.2, 0.25) is 0 Å². The van der Waals surface area contributed by atoms with Crippen molar-refractivity contribution >= 4 is 11.9 Å². The molecule has 1 amide bonds. The van der Waals surface area contributed by atoms with Gasteiger partial charge in [0.15, 0.2) is 6.10 Å². The maximum Gasteiger partial charge on any atom is 0.339 e. The minimum Gasteiger partial charge on any atom is -0.448 e. The fourth-order valence-corrected chi connectivity index (χ4v) is 3.82. The van der Waals surface area contributed by atoms with E-state index in [1.807, 2.05) is 23.1 Å². The Hall–Kier alpha value is -2.62. The van der Waals surface area contributed by atoms with Crippen LogP contribution in [0.1, 0.15) is 45.9 Å². The molecule has 2 aliphatic heterocycles. The molecule has 0 N–H and O–H groups in total. The summed E-state index contributed by atoms with van der Waals surface area (Å²) < 4.78 is 5.46. The maximum atomic E-state index is 13.1. The first-order valence-electron chi connectivity index (χ1n) is 8.79. The number of carbonyl (C=O) groups excluding carboxylic acids is 2. The third-order valence-corrected chi connectivity index (χ3v) is 5.17. The van der Waals surface area contributed by atoms with E-state index in [-0.39, 0.29) is 11.9 Å². The van der Waals surface area contributed by atoms with E-state index in [4.69, 9.17) is 4.74 Å². The SMILES string of the molecule is Cc1ccc(C2CCCN2C(=O)C2Cc3ccccc3C(=O)O2)cc1. The molecular weight excluding hydrogens is 314 g/mol. The van der Waals surface area contributed by atoms with Gasteiger partial charge in [0.1, 0.15) is 0 Å². The molecule has 0 aliphatic carbocycles. The van der Waals surface area contributed by atoms with E-state index < -0.39 is 12.1 Å². The molecule has 2 unspecified atom stereocenters. The van der Waals surface area contributed by atoms with Gasteiger partial charge in [0, 0.05) is 13.0 Å². The van der Waals surface area contributed by atoms with Crippen molar-refractivity contribution in [3.63, 3.8) is 0 Å². The summed E-state index contributed by atoms with van der Waals surface area (Å²) in [5.74, 6) is -0.475. The molecular formula is C21H21NO3. The largest absolute Gasteiger partial charge is 0.448 e. The second kappa shape index (κ2) is 6.36. The quantitative estimate of drug-likeness (QED) is 0.790. The number of fused-ring (bicyclic) bond motifs is 1. The van der Waals surface area contributed by atoms with Gasteiger partial charge in [-0.15, -0.1) is 0 Å². The Labute approximate surface area is 147 Å². The van der Waals surface area contributed by atoms with Crippen LogP contribution in [-0.4, -0.2) is 29.4 Å². The van der Waals surface area contributed by atoms with E-state index in [0.29, 0.717) is 18.5 Å². The van der Waals surface area contributed by atoms with Crippen LogP contribution < -0.4 is 0 Å². The van der Waals surface area contributed by atoms with Crippen molar-refractivity contribution in [2.75, 3.05) is 6.54 Å². The van der Waals surface area contributed by atoms with Gasteiger partial charge in [-0.25, -0.2) is 4.79 Å². The van der Waals surface area contributed by atoms with Crippen LogP contribution >= 0.6 is 0 Å². The number of likely N-dealkylation sites (tertiary alicyclic amines) is 1. The van der Waals surface area contributed by atoms with Crippen molar-refractivity contribution in [3.8, 4) is 0 Å². The molecule has 2 aromatic carbocycles. The first kappa shape index (κ1) is 15.9. The van der Waals surface area contributed by atoms with E-state index in [0.717, 1.165) is 24.0 Å². The van der Waals surface area contributed by atoms with E-state index in [1.54, 1.807) is 6.07 Å². The van der Waals surface area contributed by atoms with Gasteiger partial charge in [0.2, 0.25) is 0 Å². The van der Waals surface area contributed by atoms with Gasteiger partial charge >= 0.3 is 5.97 Å². The predicted octanol–water partition coefficient (Wildman–Crippen LogP) is 3.44. The average Bonchev–Trinajstić information content (AvgIpc) is 3.11. The monoisotopic (exact) mass is 335 g/mol. The highest BCUT2D eigenvalue weighted by Crippen LogP contribution is 2.34. The molecule has 0 radical (unpaired) electrons. The Morgan fingerprint density at radius 3 is 2.68 bits per heavy atom. The number of amides is 1. The Morgan fingerprint density at radius 1 is 1.12 bits per heavy atom. The van der Waals surface area contributed by atoms with Crippen molar-refractivity contribution in [2.45, 2.75) is 38.3 Å². The van der Waals surface area contributed by atoms with Crippen LogP contribution in [0.5, 0.6) is 0 Å². The number of ether oxygens (including phenoxy) is 1. The van der Waals surface area contributed by atoms with Crippen molar-refractivity contribution in [1.29, 1.82) is 0 Å². The van der Waals surface area contributed by atoms with Gasteiger partial charge in [-0.3, -0.25) is 4.79 Å². The van der Waals surface area contributed by atoms with Gasteiger partial charge in [0.25, 0.3) is 5.91 Å². The molecule has 2 heterocycles. The van der Waals surface area contributed by atoms with Crippen molar-refractivity contribution in [1.82, 2.24) is 4.90 Å². The molecule has 0 spiro atoms. The lowest BCUT2D eigenvalue weighted by Gasteiger charge is -2.31. The first-order valence-corrected chi connectivity index (χ1v) is 8.79. The smallest absolute Gasteiger partial charge is 0.339 e. The molecule has 0 saturated carbocycles. The number of nitrogens with zero attached hydrogens (tertiary/aromatic N) is 1. The normalized spacial score (nSPS) is 22.4. The minimum absolute atomic E-state index is 0.0731.